The number of nitrogens with two attached hydrogens (primary N) is 1. The number of rotatable bonds is 3. The van der Waals surface area contributed by atoms with Gasteiger partial charge in [-0.3, -0.25) is 5.84 Å². The maximum Gasteiger partial charge on any atom is 0.131 e. The first-order chi connectivity index (χ1) is 9.02. The van der Waals surface area contributed by atoms with Crippen molar-refractivity contribution in [1.82, 2.24) is 5.43 Å². The predicted molar refractivity (Wildman–Crippen MR) is 61.9 cm³/mol. The minimum Gasteiger partial charge on any atom is -0.271 e. The Hall–Kier alpha value is -1.92. The number of hydrazine groups is 1. The highest BCUT2D eigenvalue weighted by molar-refractivity contribution is 5.34. The molecule has 0 aliphatic heterocycles. The monoisotopic (exact) mass is 270 g/mol. The molecule has 2 rings (SSSR count). The standard InChI is InChI=1S/C13H10F4N2/c14-7-2-4-11(16)10(5-7)13(19-18)9-3-1-8(15)6-12(9)17/h1-6,13,19H,18H2. The van der Waals surface area contributed by atoms with E-state index in [1.807, 2.05) is 0 Å². The third-order valence-electron chi connectivity index (χ3n) is 2.71. The van der Waals surface area contributed by atoms with Gasteiger partial charge in [-0.1, -0.05) is 6.07 Å². The Labute approximate surface area is 106 Å². The van der Waals surface area contributed by atoms with E-state index in [9.17, 15) is 17.6 Å². The van der Waals surface area contributed by atoms with Gasteiger partial charge in [0.2, 0.25) is 0 Å². The molecule has 2 aromatic rings. The van der Waals surface area contributed by atoms with Crippen molar-refractivity contribution < 1.29 is 17.6 Å². The van der Waals surface area contributed by atoms with E-state index in [0.717, 1.165) is 30.3 Å². The molecule has 0 aliphatic carbocycles. The number of benzene rings is 2. The van der Waals surface area contributed by atoms with Gasteiger partial charge in [-0.25, -0.2) is 23.0 Å². The molecule has 1 unspecified atom stereocenters. The third-order valence-corrected chi connectivity index (χ3v) is 2.71. The van der Waals surface area contributed by atoms with Crippen LogP contribution in [-0.2, 0) is 0 Å². The van der Waals surface area contributed by atoms with Crippen LogP contribution in [0.3, 0.4) is 0 Å². The quantitative estimate of drug-likeness (QED) is 0.511. The second-order valence-corrected chi connectivity index (χ2v) is 3.93. The van der Waals surface area contributed by atoms with Crippen LogP contribution in [0.15, 0.2) is 36.4 Å². The lowest BCUT2D eigenvalue weighted by atomic mass is 9.98. The van der Waals surface area contributed by atoms with Crippen LogP contribution >= 0.6 is 0 Å². The highest BCUT2D eigenvalue weighted by Crippen LogP contribution is 2.26. The molecule has 0 saturated heterocycles. The van der Waals surface area contributed by atoms with Crippen LogP contribution < -0.4 is 11.3 Å². The summed E-state index contributed by atoms with van der Waals surface area (Å²) in [6, 6.07) is 4.43. The lowest BCUT2D eigenvalue weighted by Crippen LogP contribution is -2.30. The summed E-state index contributed by atoms with van der Waals surface area (Å²) >= 11 is 0. The number of hydrogen-bond acceptors (Lipinski definition) is 2. The highest BCUT2D eigenvalue weighted by atomic mass is 19.1. The maximum absolute atomic E-state index is 13.7. The van der Waals surface area contributed by atoms with Gasteiger partial charge in [0.15, 0.2) is 0 Å². The Morgan fingerprint density at radius 3 is 2.05 bits per heavy atom. The zero-order valence-electron chi connectivity index (χ0n) is 9.63. The van der Waals surface area contributed by atoms with Crippen LogP contribution in [0, 0.1) is 23.3 Å². The Bertz CT molecular complexity index is 601. The molecule has 3 N–H and O–H groups in total. The summed E-state index contributed by atoms with van der Waals surface area (Å²) in [4.78, 5) is 0. The fourth-order valence-corrected chi connectivity index (χ4v) is 1.82. The minimum atomic E-state index is -1.11. The zero-order chi connectivity index (χ0) is 14.0. The lowest BCUT2D eigenvalue weighted by molar-refractivity contribution is 0.516. The fraction of sp³-hybridized carbons (Fsp3) is 0.0769. The van der Waals surface area contributed by atoms with Gasteiger partial charge in [0.1, 0.15) is 23.3 Å². The second kappa shape index (κ2) is 5.38. The molecule has 0 amide bonds. The summed E-state index contributed by atoms with van der Waals surface area (Å²) in [6.07, 6.45) is 0. The average Bonchev–Trinajstić information content (AvgIpc) is 2.36. The third kappa shape index (κ3) is 2.74. The summed E-state index contributed by atoms with van der Waals surface area (Å²) < 4.78 is 53.3. The van der Waals surface area contributed by atoms with E-state index >= 15 is 0 Å². The smallest absolute Gasteiger partial charge is 0.131 e. The van der Waals surface area contributed by atoms with Gasteiger partial charge in [-0.15, -0.1) is 0 Å². The highest BCUT2D eigenvalue weighted by Gasteiger charge is 2.20. The van der Waals surface area contributed by atoms with Crippen molar-refractivity contribution in [2.45, 2.75) is 6.04 Å². The maximum atomic E-state index is 13.7. The molecule has 0 saturated carbocycles. The van der Waals surface area contributed by atoms with Crippen molar-refractivity contribution in [3.8, 4) is 0 Å². The topological polar surface area (TPSA) is 38.0 Å². The minimum absolute atomic E-state index is 0.0756. The van der Waals surface area contributed by atoms with E-state index < -0.39 is 29.3 Å². The summed E-state index contributed by atoms with van der Waals surface area (Å²) in [5.74, 6) is 2.18. The Morgan fingerprint density at radius 2 is 1.42 bits per heavy atom. The van der Waals surface area contributed by atoms with Gasteiger partial charge in [-0.2, -0.15) is 0 Å². The summed E-state index contributed by atoms with van der Waals surface area (Å²) in [7, 11) is 0. The molecule has 100 valence electrons. The van der Waals surface area contributed by atoms with Crippen molar-refractivity contribution >= 4 is 0 Å². The Balaban J connectivity index is 2.52. The lowest BCUT2D eigenvalue weighted by Gasteiger charge is -2.18. The van der Waals surface area contributed by atoms with E-state index in [1.54, 1.807) is 0 Å². The number of nitrogens with one attached hydrogen (secondary N) is 1. The van der Waals surface area contributed by atoms with E-state index in [2.05, 4.69) is 5.43 Å². The fourth-order valence-electron chi connectivity index (χ4n) is 1.82. The van der Waals surface area contributed by atoms with E-state index in [-0.39, 0.29) is 11.1 Å². The molecule has 0 fully saturated rings. The summed E-state index contributed by atoms with van der Waals surface area (Å²) in [5, 5.41) is 0. The largest absolute Gasteiger partial charge is 0.271 e. The van der Waals surface area contributed by atoms with Crippen LogP contribution in [0.2, 0.25) is 0 Å². The first kappa shape index (κ1) is 13.5. The zero-order valence-corrected chi connectivity index (χ0v) is 9.63. The van der Waals surface area contributed by atoms with E-state index in [1.165, 1.54) is 0 Å². The molecule has 0 heterocycles. The molecule has 1 atom stereocenters. The van der Waals surface area contributed by atoms with Gasteiger partial charge in [0.25, 0.3) is 0 Å². The summed E-state index contributed by atoms with van der Waals surface area (Å²) in [6.45, 7) is 0. The normalized spacial score (nSPS) is 12.5. The molecule has 0 spiro atoms. The molecule has 0 bridgehead atoms. The molecule has 0 aromatic heterocycles. The Morgan fingerprint density at radius 1 is 0.789 bits per heavy atom. The van der Waals surface area contributed by atoms with Crippen molar-refractivity contribution in [3.05, 3.63) is 70.8 Å². The van der Waals surface area contributed by atoms with E-state index in [4.69, 9.17) is 5.84 Å². The summed E-state index contributed by atoms with van der Waals surface area (Å²) in [5.41, 5.74) is 1.96. The van der Waals surface area contributed by atoms with Crippen LogP contribution in [0.1, 0.15) is 17.2 Å². The molecular weight excluding hydrogens is 260 g/mol. The number of hydrogen-bond donors (Lipinski definition) is 2. The van der Waals surface area contributed by atoms with Crippen LogP contribution in [0.5, 0.6) is 0 Å². The molecular formula is C13H10F4N2. The molecule has 2 aromatic carbocycles. The molecule has 0 radical (unpaired) electrons. The number of halogens is 4. The van der Waals surface area contributed by atoms with Crippen LogP contribution in [0.25, 0.3) is 0 Å². The molecule has 19 heavy (non-hydrogen) atoms. The Kier molecular flexibility index (Phi) is 3.82. The SMILES string of the molecule is NNC(c1ccc(F)cc1F)c1cc(F)ccc1F. The van der Waals surface area contributed by atoms with Crippen LogP contribution in [0.4, 0.5) is 17.6 Å². The van der Waals surface area contributed by atoms with Gasteiger partial charge in [0, 0.05) is 17.2 Å². The first-order valence-corrected chi connectivity index (χ1v) is 5.39. The average molecular weight is 270 g/mol. The van der Waals surface area contributed by atoms with Crippen molar-refractivity contribution in [3.63, 3.8) is 0 Å². The molecule has 2 nitrogen and oxygen atoms in total. The van der Waals surface area contributed by atoms with Gasteiger partial charge in [0.05, 0.1) is 6.04 Å². The predicted octanol–water partition coefficient (Wildman–Crippen LogP) is 2.80. The molecule has 0 aliphatic rings. The second-order valence-electron chi connectivity index (χ2n) is 3.93. The van der Waals surface area contributed by atoms with Crippen molar-refractivity contribution in [1.29, 1.82) is 0 Å². The van der Waals surface area contributed by atoms with Crippen molar-refractivity contribution in [2.75, 3.05) is 0 Å². The van der Waals surface area contributed by atoms with Crippen molar-refractivity contribution in [2.24, 2.45) is 5.84 Å². The molecule has 6 heteroatoms. The van der Waals surface area contributed by atoms with E-state index in [0.29, 0.717) is 6.07 Å². The first-order valence-electron chi connectivity index (χ1n) is 5.39. The van der Waals surface area contributed by atoms with Gasteiger partial charge in [-0.05, 0) is 24.3 Å². The van der Waals surface area contributed by atoms with Gasteiger partial charge < -0.3 is 0 Å². The van der Waals surface area contributed by atoms with Crippen LogP contribution in [-0.4, -0.2) is 0 Å². The van der Waals surface area contributed by atoms with Gasteiger partial charge >= 0.3 is 0 Å².